The highest BCUT2D eigenvalue weighted by molar-refractivity contribution is 5.96. The van der Waals surface area contributed by atoms with Crippen LogP contribution in [-0.4, -0.2) is 35.8 Å². The van der Waals surface area contributed by atoms with E-state index in [9.17, 15) is 18.8 Å². The third-order valence-electron chi connectivity index (χ3n) is 6.42. The summed E-state index contributed by atoms with van der Waals surface area (Å²) in [6.45, 7) is 6.60. The molecule has 2 aromatic rings. The van der Waals surface area contributed by atoms with E-state index >= 15 is 0 Å². The zero-order valence-corrected chi connectivity index (χ0v) is 21.3. The van der Waals surface area contributed by atoms with Crippen LogP contribution >= 0.6 is 0 Å². The lowest BCUT2D eigenvalue weighted by molar-refractivity contribution is -0.140. The molecule has 6 nitrogen and oxygen atoms in total. The van der Waals surface area contributed by atoms with Gasteiger partial charge in [-0.05, 0) is 55.7 Å². The van der Waals surface area contributed by atoms with E-state index in [1.54, 1.807) is 49.1 Å². The molecule has 2 amide bonds. The van der Waals surface area contributed by atoms with E-state index in [1.807, 2.05) is 6.07 Å². The van der Waals surface area contributed by atoms with Crippen molar-refractivity contribution in [1.82, 2.24) is 10.2 Å². The molecule has 1 atom stereocenters. The van der Waals surface area contributed by atoms with Gasteiger partial charge in [-0.1, -0.05) is 50.5 Å². The Morgan fingerprint density at radius 1 is 1.08 bits per heavy atom. The maximum Gasteiger partial charge on any atom is 0.336 e. The van der Waals surface area contributed by atoms with Gasteiger partial charge < -0.3 is 15.0 Å². The summed E-state index contributed by atoms with van der Waals surface area (Å²) in [5.41, 5.74) is 2.68. The van der Waals surface area contributed by atoms with Crippen LogP contribution in [0.25, 0.3) is 0 Å². The van der Waals surface area contributed by atoms with Crippen LogP contribution in [0, 0.1) is 5.82 Å². The summed E-state index contributed by atoms with van der Waals surface area (Å²) in [6, 6.07) is 13.1. The first-order valence-electron chi connectivity index (χ1n) is 12.7. The van der Waals surface area contributed by atoms with Gasteiger partial charge in [-0.25, -0.2) is 9.18 Å². The number of amides is 2. The normalized spacial score (nSPS) is 15.7. The van der Waals surface area contributed by atoms with E-state index in [2.05, 4.69) is 12.2 Å². The summed E-state index contributed by atoms with van der Waals surface area (Å²) < 4.78 is 19.2. The fraction of sp³-hybridized carbons (Fsp3) is 0.414. The highest BCUT2D eigenvalue weighted by Crippen LogP contribution is 2.38. The number of unbranched alkanes of at least 4 members (excludes halogenated alkanes) is 3. The monoisotopic (exact) mass is 494 g/mol. The third-order valence-corrected chi connectivity index (χ3v) is 6.42. The minimum atomic E-state index is -0.590. The molecule has 1 aliphatic rings. The van der Waals surface area contributed by atoms with Gasteiger partial charge in [0.2, 0.25) is 5.91 Å². The van der Waals surface area contributed by atoms with Gasteiger partial charge in [0.25, 0.3) is 5.91 Å². The first-order valence-corrected chi connectivity index (χ1v) is 12.7. The second kappa shape index (κ2) is 13.0. The van der Waals surface area contributed by atoms with Crippen molar-refractivity contribution < 1.29 is 23.5 Å². The Bertz CT molecular complexity index is 1130. The largest absolute Gasteiger partial charge is 0.463 e. The molecule has 1 unspecified atom stereocenters. The van der Waals surface area contributed by atoms with Gasteiger partial charge in [0.1, 0.15) is 5.82 Å². The fourth-order valence-corrected chi connectivity index (χ4v) is 4.53. The Kier molecular flexibility index (Phi) is 9.79. The number of nitrogens with zero attached hydrogens (tertiary/aromatic N) is 1. The summed E-state index contributed by atoms with van der Waals surface area (Å²) in [7, 11) is 0. The van der Waals surface area contributed by atoms with Gasteiger partial charge >= 0.3 is 5.97 Å². The smallest absolute Gasteiger partial charge is 0.336 e. The Morgan fingerprint density at radius 3 is 2.58 bits per heavy atom. The van der Waals surface area contributed by atoms with Crippen molar-refractivity contribution in [2.24, 2.45) is 0 Å². The van der Waals surface area contributed by atoms with Crippen LogP contribution in [0.4, 0.5) is 4.39 Å². The van der Waals surface area contributed by atoms with Gasteiger partial charge in [-0.3, -0.25) is 9.59 Å². The van der Waals surface area contributed by atoms with Crippen LogP contribution in [0.15, 0.2) is 59.8 Å². The molecule has 3 rings (SSSR count). The lowest BCUT2D eigenvalue weighted by atomic mass is 9.83. The lowest BCUT2D eigenvalue weighted by Crippen LogP contribution is -2.38. The van der Waals surface area contributed by atoms with Crippen LogP contribution in [0.5, 0.6) is 0 Å². The second-order valence-electron chi connectivity index (χ2n) is 9.03. The van der Waals surface area contributed by atoms with Crippen molar-refractivity contribution in [2.75, 3.05) is 13.2 Å². The Labute approximate surface area is 212 Å². The van der Waals surface area contributed by atoms with Crippen LogP contribution in [0.1, 0.15) is 80.3 Å². The average molecular weight is 495 g/mol. The molecule has 7 heteroatoms. The van der Waals surface area contributed by atoms with E-state index in [0.717, 1.165) is 31.2 Å². The van der Waals surface area contributed by atoms with Crippen molar-refractivity contribution in [1.29, 1.82) is 0 Å². The molecule has 2 aromatic carbocycles. The van der Waals surface area contributed by atoms with E-state index in [1.165, 1.54) is 12.1 Å². The number of allylic oxidation sites excluding steroid dienone is 1. The molecule has 0 bridgehead atoms. The van der Waals surface area contributed by atoms with Gasteiger partial charge in [0.05, 0.1) is 18.7 Å². The first-order chi connectivity index (χ1) is 17.3. The van der Waals surface area contributed by atoms with E-state index in [-0.39, 0.29) is 31.4 Å². The summed E-state index contributed by atoms with van der Waals surface area (Å²) >= 11 is 0. The number of ether oxygens (including phenoxy) is 1. The molecule has 1 N–H and O–H groups in total. The van der Waals surface area contributed by atoms with Crippen molar-refractivity contribution in [2.45, 2.75) is 65.3 Å². The number of carbonyl (C=O) groups is 3. The number of halogens is 1. The minimum absolute atomic E-state index is 0.0207. The highest BCUT2D eigenvalue weighted by Gasteiger charge is 2.37. The molecule has 0 radical (unpaired) electrons. The molecule has 0 aromatic heterocycles. The van der Waals surface area contributed by atoms with Gasteiger partial charge in [-0.2, -0.15) is 0 Å². The minimum Gasteiger partial charge on any atom is -0.463 e. The van der Waals surface area contributed by atoms with Gasteiger partial charge in [0, 0.05) is 30.1 Å². The SMILES string of the molecule is CCCCCCNC(=O)c1cccc(CN2C(=O)CC(c3cccc(F)c3)C(C(=O)OCC)=C2C)c1. The van der Waals surface area contributed by atoms with Crippen molar-refractivity contribution in [3.8, 4) is 0 Å². The summed E-state index contributed by atoms with van der Waals surface area (Å²) in [5.74, 6) is -1.86. The predicted octanol–water partition coefficient (Wildman–Crippen LogP) is 5.49. The first kappa shape index (κ1) is 27.1. The van der Waals surface area contributed by atoms with E-state index in [0.29, 0.717) is 28.9 Å². The number of hydrogen-bond acceptors (Lipinski definition) is 4. The molecule has 36 heavy (non-hydrogen) atoms. The second-order valence-corrected chi connectivity index (χ2v) is 9.03. The third kappa shape index (κ3) is 6.80. The van der Waals surface area contributed by atoms with Crippen LogP contribution in [-0.2, 0) is 20.9 Å². The lowest BCUT2D eigenvalue weighted by Gasteiger charge is -2.34. The van der Waals surface area contributed by atoms with E-state index in [4.69, 9.17) is 4.74 Å². The number of carbonyl (C=O) groups excluding carboxylic acids is 3. The standard InChI is InChI=1S/C29H35FN2O4/c1-4-6-7-8-15-31-28(34)23-13-9-11-21(16-23)19-32-20(3)27(29(35)36-5-2)25(18-26(32)33)22-12-10-14-24(30)17-22/h9-14,16-17,25H,4-8,15,18-19H2,1-3H3,(H,31,34). The molecule has 0 saturated carbocycles. The Morgan fingerprint density at radius 2 is 1.86 bits per heavy atom. The summed E-state index contributed by atoms with van der Waals surface area (Å²) in [5, 5.41) is 2.95. The Hall–Kier alpha value is -3.48. The number of benzene rings is 2. The molecule has 0 aliphatic carbocycles. The summed E-state index contributed by atoms with van der Waals surface area (Å²) in [4.78, 5) is 40.3. The number of nitrogens with one attached hydrogen (secondary N) is 1. The average Bonchev–Trinajstić information content (AvgIpc) is 2.86. The predicted molar refractivity (Wildman–Crippen MR) is 137 cm³/mol. The maximum absolute atomic E-state index is 13.9. The van der Waals surface area contributed by atoms with Crippen LogP contribution in [0.2, 0.25) is 0 Å². The topological polar surface area (TPSA) is 75.7 Å². The van der Waals surface area contributed by atoms with E-state index < -0.39 is 17.7 Å². The van der Waals surface area contributed by atoms with Crippen LogP contribution < -0.4 is 5.32 Å². The molecule has 0 fully saturated rings. The summed E-state index contributed by atoms with van der Waals surface area (Å²) in [6.07, 6.45) is 4.33. The highest BCUT2D eigenvalue weighted by atomic mass is 19.1. The van der Waals surface area contributed by atoms with Gasteiger partial charge in [-0.15, -0.1) is 0 Å². The van der Waals surface area contributed by atoms with Gasteiger partial charge in [0.15, 0.2) is 0 Å². The zero-order valence-electron chi connectivity index (χ0n) is 21.3. The number of rotatable bonds is 11. The molecule has 192 valence electrons. The molecular weight excluding hydrogens is 459 g/mol. The molecular formula is C29H35FN2O4. The van der Waals surface area contributed by atoms with Crippen molar-refractivity contribution in [3.63, 3.8) is 0 Å². The number of hydrogen-bond donors (Lipinski definition) is 1. The molecule has 1 heterocycles. The number of esters is 1. The fourth-order valence-electron chi connectivity index (χ4n) is 4.53. The van der Waals surface area contributed by atoms with Crippen LogP contribution in [0.3, 0.4) is 0 Å². The Balaban J connectivity index is 1.83. The maximum atomic E-state index is 13.9. The van der Waals surface area contributed by atoms with Crippen molar-refractivity contribution >= 4 is 17.8 Å². The quantitative estimate of drug-likeness (QED) is 0.331. The van der Waals surface area contributed by atoms with Crippen molar-refractivity contribution in [3.05, 3.63) is 82.3 Å². The molecule has 0 saturated heterocycles. The zero-order chi connectivity index (χ0) is 26.1. The molecule has 0 spiro atoms. The molecule has 1 aliphatic heterocycles.